The quantitative estimate of drug-likeness (QED) is 0.744. The third kappa shape index (κ3) is 6.60. The Morgan fingerprint density at radius 1 is 1.11 bits per heavy atom. The van der Waals surface area contributed by atoms with Gasteiger partial charge in [-0.1, -0.05) is 26.0 Å². The van der Waals surface area contributed by atoms with Crippen LogP contribution >= 0.6 is 0 Å². The van der Waals surface area contributed by atoms with Crippen LogP contribution in [0.5, 0.6) is 5.75 Å². The lowest BCUT2D eigenvalue weighted by molar-refractivity contribution is 0.175. The van der Waals surface area contributed by atoms with E-state index in [-0.39, 0.29) is 0 Å². The number of benzene rings is 1. The maximum atomic E-state index is 5.21. The molecule has 0 aliphatic heterocycles. The number of methoxy groups -OCH3 is 2. The second kappa shape index (κ2) is 8.94. The third-order valence-electron chi connectivity index (χ3n) is 3.23. The molecule has 1 atom stereocenters. The van der Waals surface area contributed by atoms with Gasteiger partial charge in [-0.2, -0.15) is 0 Å². The molecule has 0 saturated heterocycles. The fourth-order valence-electron chi connectivity index (χ4n) is 2.06. The molecular formula is C16H27NO2. The molecule has 0 aromatic heterocycles. The van der Waals surface area contributed by atoms with Crippen LogP contribution in [0.25, 0.3) is 0 Å². The third-order valence-corrected chi connectivity index (χ3v) is 3.23. The minimum atomic E-state index is 0.529. The van der Waals surface area contributed by atoms with Crippen molar-refractivity contribution in [3.05, 3.63) is 29.8 Å². The summed E-state index contributed by atoms with van der Waals surface area (Å²) in [6, 6.07) is 8.88. The van der Waals surface area contributed by atoms with Gasteiger partial charge >= 0.3 is 0 Å². The summed E-state index contributed by atoms with van der Waals surface area (Å²) in [7, 11) is 3.46. The molecule has 0 bridgehead atoms. The number of nitrogens with one attached hydrogen (secondary N) is 1. The SMILES string of the molecule is COCCC(CNC(C)C)Cc1ccc(OC)cc1. The lowest BCUT2D eigenvalue weighted by Crippen LogP contribution is -2.30. The van der Waals surface area contributed by atoms with Crippen molar-refractivity contribution in [2.75, 3.05) is 27.4 Å². The van der Waals surface area contributed by atoms with Gasteiger partial charge in [0, 0.05) is 19.8 Å². The first kappa shape index (κ1) is 16.0. The zero-order valence-corrected chi connectivity index (χ0v) is 12.6. The van der Waals surface area contributed by atoms with E-state index in [2.05, 4.69) is 31.3 Å². The highest BCUT2D eigenvalue weighted by Gasteiger charge is 2.10. The van der Waals surface area contributed by atoms with Crippen molar-refractivity contribution in [3.8, 4) is 5.75 Å². The Morgan fingerprint density at radius 3 is 2.32 bits per heavy atom. The highest BCUT2D eigenvalue weighted by atomic mass is 16.5. The molecule has 3 heteroatoms. The lowest BCUT2D eigenvalue weighted by Gasteiger charge is -2.19. The zero-order chi connectivity index (χ0) is 14.1. The molecule has 1 aromatic rings. The van der Waals surface area contributed by atoms with Crippen LogP contribution < -0.4 is 10.1 Å². The average Bonchev–Trinajstić information content (AvgIpc) is 2.42. The molecule has 108 valence electrons. The van der Waals surface area contributed by atoms with Crippen molar-refractivity contribution in [1.29, 1.82) is 0 Å². The minimum Gasteiger partial charge on any atom is -0.497 e. The van der Waals surface area contributed by atoms with Crippen molar-refractivity contribution < 1.29 is 9.47 Å². The molecule has 3 nitrogen and oxygen atoms in total. The maximum Gasteiger partial charge on any atom is 0.118 e. The van der Waals surface area contributed by atoms with Crippen molar-refractivity contribution >= 4 is 0 Å². The Kier molecular flexibility index (Phi) is 7.53. The van der Waals surface area contributed by atoms with E-state index < -0.39 is 0 Å². The fourth-order valence-corrected chi connectivity index (χ4v) is 2.06. The Balaban J connectivity index is 2.53. The maximum absolute atomic E-state index is 5.21. The molecule has 0 spiro atoms. The first-order valence-electron chi connectivity index (χ1n) is 7.01. The minimum absolute atomic E-state index is 0.529. The van der Waals surface area contributed by atoms with Gasteiger partial charge in [0.2, 0.25) is 0 Å². The largest absolute Gasteiger partial charge is 0.497 e. The van der Waals surface area contributed by atoms with Crippen molar-refractivity contribution in [2.45, 2.75) is 32.7 Å². The highest BCUT2D eigenvalue weighted by Crippen LogP contribution is 2.16. The Morgan fingerprint density at radius 2 is 1.79 bits per heavy atom. The summed E-state index contributed by atoms with van der Waals surface area (Å²) >= 11 is 0. The average molecular weight is 265 g/mol. The molecule has 0 aliphatic rings. The summed E-state index contributed by atoms with van der Waals surface area (Å²) < 4.78 is 10.4. The van der Waals surface area contributed by atoms with E-state index in [4.69, 9.17) is 9.47 Å². The second-order valence-electron chi connectivity index (χ2n) is 5.26. The highest BCUT2D eigenvalue weighted by molar-refractivity contribution is 5.27. The number of hydrogen-bond acceptors (Lipinski definition) is 3. The van der Waals surface area contributed by atoms with Crippen LogP contribution in [0.3, 0.4) is 0 Å². The smallest absolute Gasteiger partial charge is 0.118 e. The first-order valence-corrected chi connectivity index (χ1v) is 7.01. The number of ether oxygens (including phenoxy) is 2. The van der Waals surface area contributed by atoms with Crippen LogP contribution in [0, 0.1) is 5.92 Å². The summed E-state index contributed by atoms with van der Waals surface area (Å²) in [6.07, 6.45) is 2.16. The molecule has 0 amide bonds. The van der Waals surface area contributed by atoms with Gasteiger partial charge in [-0.25, -0.2) is 0 Å². The Labute approximate surface area is 117 Å². The van der Waals surface area contributed by atoms with Gasteiger partial charge in [0.25, 0.3) is 0 Å². The van der Waals surface area contributed by atoms with Gasteiger partial charge in [0.05, 0.1) is 7.11 Å². The van der Waals surface area contributed by atoms with E-state index in [0.29, 0.717) is 12.0 Å². The van der Waals surface area contributed by atoms with Crippen LogP contribution in [-0.4, -0.2) is 33.4 Å². The van der Waals surface area contributed by atoms with Gasteiger partial charge in [0.1, 0.15) is 5.75 Å². The van der Waals surface area contributed by atoms with E-state index in [1.165, 1.54) is 5.56 Å². The number of rotatable bonds is 9. The molecule has 0 radical (unpaired) electrons. The van der Waals surface area contributed by atoms with Crippen LogP contribution in [0.1, 0.15) is 25.8 Å². The predicted octanol–water partition coefficient (Wildman–Crippen LogP) is 2.89. The fraction of sp³-hybridized carbons (Fsp3) is 0.625. The molecule has 1 unspecified atom stereocenters. The van der Waals surface area contributed by atoms with E-state index in [1.807, 2.05) is 12.1 Å². The van der Waals surface area contributed by atoms with E-state index in [0.717, 1.165) is 31.7 Å². The molecule has 1 N–H and O–H groups in total. The van der Waals surface area contributed by atoms with E-state index >= 15 is 0 Å². The lowest BCUT2D eigenvalue weighted by atomic mass is 9.96. The van der Waals surface area contributed by atoms with Crippen molar-refractivity contribution in [1.82, 2.24) is 5.32 Å². The first-order chi connectivity index (χ1) is 9.15. The van der Waals surface area contributed by atoms with Gasteiger partial charge in [-0.3, -0.25) is 0 Å². The van der Waals surface area contributed by atoms with Crippen LogP contribution in [0.15, 0.2) is 24.3 Å². The van der Waals surface area contributed by atoms with E-state index in [9.17, 15) is 0 Å². The molecule has 1 rings (SSSR count). The van der Waals surface area contributed by atoms with Gasteiger partial charge < -0.3 is 14.8 Å². The van der Waals surface area contributed by atoms with Crippen molar-refractivity contribution in [2.24, 2.45) is 5.92 Å². The standard InChI is InChI=1S/C16H27NO2/c1-13(2)17-12-15(9-10-18-3)11-14-5-7-16(19-4)8-6-14/h5-8,13,15,17H,9-12H2,1-4H3. The van der Waals surface area contributed by atoms with Gasteiger partial charge in [-0.05, 0) is 43.0 Å². The molecule has 0 aliphatic carbocycles. The van der Waals surface area contributed by atoms with Crippen molar-refractivity contribution in [3.63, 3.8) is 0 Å². The number of hydrogen-bond donors (Lipinski definition) is 1. The second-order valence-corrected chi connectivity index (χ2v) is 5.26. The summed E-state index contributed by atoms with van der Waals surface area (Å²) in [4.78, 5) is 0. The Bertz CT molecular complexity index is 335. The van der Waals surface area contributed by atoms with Crippen LogP contribution in [0.2, 0.25) is 0 Å². The summed E-state index contributed by atoms with van der Waals surface area (Å²) in [5.41, 5.74) is 1.35. The molecule has 19 heavy (non-hydrogen) atoms. The zero-order valence-electron chi connectivity index (χ0n) is 12.6. The normalized spacial score (nSPS) is 12.7. The summed E-state index contributed by atoms with van der Waals surface area (Å²) in [5.74, 6) is 1.52. The van der Waals surface area contributed by atoms with Gasteiger partial charge in [0.15, 0.2) is 0 Å². The molecule has 0 fully saturated rings. The molecular weight excluding hydrogens is 238 g/mol. The molecule has 0 heterocycles. The summed E-state index contributed by atoms with van der Waals surface area (Å²) in [5, 5.41) is 3.52. The monoisotopic (exact) mass is 265 g/mol. The predicted molar refractivity (Wildman–Crippen MR) is 79.8 cm³/mol. The van der Waals surface area contributed by atoms with Gasteiger partial charge in [-0.15, -0.1) is 0 Å². The van der Waals surface area contributed by atoms with E-state index in [1.54, 1.807) is 14.2 Å². The van der Waals surface area contributed by atoms with Crippen LogP contribution in [0.4, 0.5) is 0 Å². The van der Waals surface area contributed by atoms with Crippen LogP contribution in [-0.2, 0) is 11.2 Å². The molecule has 1 aromatic carbocycles. The topological polar surface area (TPSA) is 30.5 Å². The summed E-state index contributed by atoms with van der Waals surface area (Å²) in [6.45, 7) is 6.22. The molecule has 0 saturated carbocycles. The Hall–Kier alpha value is -1.06.